The third kappa shape index (κ3) is 3.02. The van der Waals surface area contributed by atoms with Crippen LogP contribution in [0.1, 0.15) is 25.8 Å². The molecule has 1 saturated heterocycles. The summed E-state index contributed by atoms with van der Waals surface area (Å²) in [5.74, 6) is 1.61. The van der Waals surface area contributed by atoms with Gasteiger partial charge in [-0.25, -0.2) is 0 Å². The fraction of sp³-hybridized carbons (Fsp3) is 0.571. The first-order valence-corrected chi connectivity index (χ1v) is 7.14. The lowest BCUT2D eigenvalue weighted by Gasteiger charge is -2.37. The summed E-state index contributed by atoms with van der Waals surface area (Å²) >= 11 is 3.57. The molecule has 0 spiro atoms. The predicted molar refractivity (Wildman–Crippen MR) is 77.2 cm³/mol. The Balaban J connectivity index is 2.19. The molecule has 0 aliphatic carbocycles. The van der Waals surface area contributed by atoms with Crippen molar-refractivity contribution < 1.29 is 0 Å². The Labute approximate surface area is 112 Å². The average molecular weight is 297 g/mol. The highest BCUT2D eigenvalue weighted by Crippen LogP contribution is 2.29. The summed E-state index contributed by atoms with van der Waals surface area (Å²) in [6, 6.07) is 6.51. The molecule has 0 saturated carbocycles. The average Bonchev–Trinajstić information content (AvgIpc) is 2.32. The molecule has 1 heterocycles. The monoisotopic (exact) mass is 296 g/mol. The van der Waals surface area contributed by atoms with Crippen LogP contribution in [0.3, 0.4) is 0 Å². The van der Waals surface area contributed by atoms with Gasteiger partial charge in [0.05, 0.1) is 0 Å². The van der Waals surface area contributed by atoms with Crippen molar-refractivity contribution in [1.82, 2.24) is 0 Å². The maximum absolute atomic E-state index is 5.73. The van der Waals surface area contributed by atoms with Gasteiger partial charge in [0.25, 0.3) is 0 Å². The third-order valence-corrected chi connectivity index (χ3v) is 4.34. The number of benzene rings is 1. The highest BCUT2D eigenvalue weighted by Gasteiger charge is 2.22. The van der Waals surface area contributed by atoms with Gasteiger partial charge < -0.3 is 10.6 Å². The minimum Gasteiger partial charge on any atom is -0.371 e. The van der Waals surface area contributed by atoms with Gasteiger partial charge >= 0.3 is 0 Å². The van der Waals surface area contributed by atoms with Gasteiger partial charge in [-0.1, -0.05) is 29.8 Å². The highest BCUT2D eigenvalue weighted by atomic mass is 79.9. The van der Waals surface area contributed by atoms with Gasteiger partial charge in [-0.15, -0.1) is 0 Å². The van der Waals surface area contributed by atoms with E-state index in [1.807, 2.05) is 0 Å². The van der Waals surface area contributed by atoms with Crippen LogP contribution in [0.5, 0.6) is 0 Å². The quantitative estimate of drug-likeness (QED) is 0.906. The number of nitrogens with zero attached hydrogens (tertiary/aromatic N) is 1. The largest absolute Gasteiger partial charge is 0.371 e. The Morgan fingerprint density at radius 1 is 1.29 bits per heavy atom. The molecule has 2 atom stereocenters. The van der Waals surface area contributed by atoms with Crippen LogP contribution in [-0.2, 0) is 6.54 Å². The summed E-state index contributed by atoms with van der Waals surface area (Å²) in [5, 5.41) is 0. The molecular weight excluding hydrogens is 276 g/mol. The van der Waals surface area contributed by atoms with Crippen LogP contribution in [0.2, 0.25) is 0 Å². The number of nitrogens with two attached hydrogens (primary N) is 1. The summed E-state index contributed by atoms with van der Waals surface area (Å²) in [6.07, 6.45) is 1.28. The van der Waals surface area contributed by atoms with Crippen molar-refractivity contribution in [2.45, 2.75) is 26.8 Å². The number of anilines is 1. The fourth-order valence-electron chi connectivity index (χ4n) is 2.43. The van der Waals surface area contributed by atoms with Crippen molar-refractivity contribution in [2.75, 3.05) is 18.0 Å². The molecule has 2 rings (SSSR count). The van der Waals surface area contributed by atoms with E-state index in [0.29, 0.717) is 6.54 Å². The zero-order valence-electron chi connectivity index (χ0n) is 10.6. The van der Waals surface area contributed by atoms with Crippen molar-refractivity contribution in [3.63, 3.8) is 0 Å². The molecule has 0 aromatic heterocycles. The minimum atomic E-state index is 0.603. The SMILES string of the molecule is CC1CCN(c2cc(Br)cc(CN)c2)CC1C. The van der Waals surface area contributed by atoms with Gasteiger partial charge in [-0.2, -0.15) is 0 Å². The number of hydrogen-bond acceptors (Lipinski definition) is 2. The summed E-state index contributed by atoms with van der Waals surface area (Å²) in [7, 11) is 0. The number of halogens is 1. The summed E-state index contributed by atoms with van der Waals surface area (Å²) in [5.41, 5.74) is 8.23. The van der Waals surface area contributed by atoms with Crippen LogP contribution >= 0.6 is 15.9 Å². The van der Waals surface area contributed by atoms with Crippen LogP contribution < -0.4 is 10.6 Å². The van der Waals surface area contributed by atoms with E-state index in [-0.39, 0.29) is 0 Å². The first kappa shape index (κ1) is 12.9. The molecule has 17 heavy (non-hydrogen) atoms. The second-order valence-corrected chi connectivity index (χ2v) is 6.13. The smallest absolute Gasteiger partial charge is 0.0380 e. The third-order valence-electron chi connectivity index (χ3n) is 3.88. The van der Waals surface area contributed by atoms with Crippen molar-refractivity contribution in [3.8, 4) is 0 Å². The molecule has 1 aromatic carbocycles. The van der Waals surface area contributed by atoms with Crippen LogP contribution in [0.25, 0.3) is 0 Å². The topological polar surface area (TPSA) is 29.3 Å². The first-order valence-electron chi connectivity index (χ1n) is 6.34. The van der Waals surface area contributed by atoms with E-state index in [0.717, 1.165) is 29.4 Å². The minimum absolute atomic E-state index is 0.603. The van der Waals surface area contributed by atoms with E-state index in [1.165, 1.54) is 17.7 Å². The summed E-state index contributed by atoms with van der Waals surface area (Å²) in [6.45, 7) is 7.62. The molecule has 1 aromatic rings. The molecule has 2 N–H and O–H groups in total. The second-order valence-electron chi connectivity index (χ2n) is 5.21. The molecule has 1 aliphatic rings. The molecule has 0 bridgehead atoms. The van der Waals surface area contributed by atoms with Gasteiger partial charge in [-0.3, -0.25) is 0 Å². The van der Waals surface area contributed by atoms with Crippen molar-refractivity contribution >= 4 is 21.6 Å². The summed E-state index contributed by atoms with van der Waals surface area (Å²) < 4.78 is 1.13. The van der Waals surface area contributed by atoms with Gasteiger partial charge in [0.1, 0.15) is 0 Å². The number of hydrogen-bond donors (Lipinski definition) is 1. The van der Waals surface area contributed by atoms with Crippen LogP contribution in [0.15, 0.2) is 22.7 Å². The Morgan fingerprint density at radius 3 is 2.71 bits per heavy atom. The van der Waals surface area contributed by atoms with Crippen LogP contribution in [0, 0.1) is 11.8 Å². The van der Waals surface area contributed by atoms with Crippen molar-refractivity contribution in [3.05, 3.63) is 28.2 Å². The van der Waals surface area contributed by atoms with Gasteiger partial charge in [0.15, 0.2) is 0 Å². The molecule has 2 unspecified atom stereocenters. The molecule has 0 radical (unpaired) electrons. The molecular formula is C14H21BrN2. The lowest BCUT2D eigenvalue weighted by molar-refractivity contribution is 0.324. The predicted octanol–water partition coefficient (Wildman–Crippen LogP) is 3.39. The molecule has 1 fully saturated rings. The van der Waals surface area contributed by atoms with Gasteiger partial charge in [0, 0.05) is 29.8 Å². The second kappa shape index (κ2) is 5.40. The van der Waals surface area contributed by atoms with Crippen LogP contribution in [0.4, 0.5) is 5.69 Å². The lowest BCUT2D eigenvalue weighted by Crippen LogP contribution is -2.38. The fourth-order valence-corrected chi connectivity index (χ4v) is 2.96. The van der Waals surface area contributed by atoms with Gasteiger partial charge in [0.2, 0.25) is 0 Å². The Hall–Kier alpha value is -0.540. The highest BCUT2D eigenvalue weighted by molar-refractivity contribution is 9.10. The van der Waals surface area contributed by atoms with E-state index in [4.69, 9.17) is 5.73 Å². The zero-order chi connectivity index (χ0) is 12.4. The standard InChI is InChI=1S/C14H21BrN2/c1-10-3-4-17(9-11(10)2)14-6-12(8-16)5-13(15)7-14/h5-7,10-11H,3-4,8-9,16H2,1-2H3. The maximum Gasteiger partial charge on any atom is 0.0380 e. The maximum atomic E-state index is 5.73. The van der Waals surface area contributed by atoms with E-state index in [1.54, 1.807) is 0 Å². The lowest BCUT2D eigenvalue weighted by atomic mass is 9.88. The molecule has 2 nitrogen and oxygen atoms in total. The first-order chi connectivity index (χ1) is 8.10. The van der Waals surface area contributed by atoms with Crippen molar-refractivity contribution in [2.24, 2.45) is 17.6 Å². The van der Waals surface area contributed by atoms with E-state index in [2.05, 4.69) is 52.9 Å². The summed E-state index contributed by atoms with van der Waals surface area (Å²) in [4.78, 5) is 2.48. The molecule has 0 amide bonds. The van der Waals surface area contributed by atoms with Crippen molar-refractivity contribution in [1.29, 1.82) is 0 Å². The Morgan fingerprint density at radius 2 is 2.06 bits per heavy atom. The molecule has 94 valence electrons. The van der Waals surface area contributed by atoms with E-state index < -0.39 is 0 Å². The zero-order valence-corrected chi connectivity index (χ0v) is 12.2. The van der Waals surface area contributed by atoms with Gasteiger partial charge in [-0.05, 0) is 42.0 Å². The van der Waals surface area contributed by atoms with Crippen LogP contribution in [-0.4, -0.2) is 13.1 Å². The number of piperidine rings is 1. The normalized spacial score (nSPS) is 25.1. The number of rotatable bonds is 2. The van der Waals surface area contributed by atoms with E-state index >= 15 is 0 Å². The molecule has 1 aliphatic heterocycles. The Bertz CT molecular complexity index is 392. The van der Waals surface area contributed by atoms with E-state index in [9.17, 15) is 0 Å². The molecule has 3 heteroatoms. The Kier molecular flexibility index (Phi) is 4.10.